The summed E-state index contributed by atoms with van der Waals surface area (Å²) in [6.07, 6.45) is 6.69. The van der Waals surface area contributed by atoms with Gasteiger partial charge in [0.05, 0.1) is 35.6 Å². The summed E-state index contributed by atoms with van der Waals surface area (Å²) >= 11 is 0. The van der Waals surface area contributed by atoms with Gasteiger partial charge in [0, 0.05) is 42.1 Å². The van der Waals surface area contributed by atoms with Gasteiger partial charge in [0.2, 0.25) is 0 Å². The maximum atomic E-state index is 13.4. The minimum absolute atomic E-state index is 0.107. The monoisotopic (exact) mass is 558 g/mol. The van der Waals surface area contributed by atoms with Crippen molar-refractivity contribution in [3.8, 4) is 17.1 Å². The van der Waals surface area contributed by atoms with E-state index in [1.807, 2.05) is 30.0 Å². The minimum atomic E-state index is -1.45. The lowest BCUT2D eigenvalue weighted by atomic mass is 9.97. The summed E-state index contributed by atoms with van der Waals surface area (Å²) in [4.78, 5) is 35.9. The first kappa shape index (κ1) is 26.6. The molecule has 0 saturated carbocycles. The third-order valence-electron chi connectivity index (χ3n) is 9.68. The predicted molar refractivity (Wildman–Crippen MR) is 155 cm³/mol. The molecule has 4 aliphatic heterocycles. The maximum Gasteiger partial charge on any atom is 0.415 e. The molecule has 6 heterocycles. The Bertz CT molecular complexity index is 1590. The number of aryl methyl sites for hydroxylation is 1. The minimum Gasteiger partial charge on any atom is -0.410 e. The molecule has 0 unspecified atom stereocenters. The Hall–Kier alpha value is -3.27. The SMILES string of the molecule is CCc1c2c(nc3ccc(OC(=O)N4CCC(N5CCCCC5)CC4)cc13)-c1cc3c(c(=O)n1C2)CO[C@]3(O)CC. The van der Waals surface area contributed by atoms with Crippen LogP contribution in [0.4, 0.5) is 4.79 Å². The van der Waals surface area contributed by atoms with E-state index in [1.54, 1.807) is 10.6 Å². The van der Waals surface area contributed by atoms with Gasteiger partial charge in [-0.1, -0.05) is 20.3 Å². The second kappa shape index (κ2) is 10.2. The zero-order valence-electron chi connectivity index (χ0n) is 23.9. The third-order valence-corrected chi connectivity index (χ3v) is 9.68. The number of fused-ring (bicyclic) bond motifs is 5. The Balaban J connectivity index is 1.14. The zero-order valence-corrected chi connectivity index (χ0v) is 23.9. The van der Waals surface area contributed by atoms with Gasteiger partial charge in [-0.15, -0.1) is 0 Å². The van der Waals surface area contributed by atoms with Gasteiger partial charge in [-0.05, 0) is 75.0 Å². The van der Waals surface area contributed by atoms with Crippen molar-refractivity contribution in [2.24, 2.45) is 0 Å². The van der Waals surface area contributed by atoms with Crippen LogP contribution in [-0.2, 0) is 30.1 Å². The van der Waals surface area contributed by atoms with Gasteiger partial charge in [0.15, 0.2) is 5.79 Å². The molecule has 216 valence electrons. The molecule has 2 fully saturated rings. The first-order chi connectivity index (χ1) is 19.9. The van der Waals surface area contributed by atoms with Gasteiger partial charge in [0.25, 0.3) is 5.56 Å². The summed E-state index contributed by atoms with van der Waals surface area (Å²) in [5, 5.41) is 11.9. The molecule has 7 rings (SSSR count). The second-order valence-corrected chi connectivity index (χ2v) is 11.9. The topological polar surface area (TPSA) is 97.1 Å². The normalized spacial score (nSPS) is 22.6. The summed E-state index contributed by atoms with van der Waals surface area (Å²) in [5.74, 6) is -0.937. The standard InChI is InChI=1S/C32H38N4O5/c1-3-22-23-16-21(41-31(38)35-14-10-20(11-15-35)34-12-6-5-7-13-34)8-9-27(23)33-29-24(22)18-36-28(29)17-26-25(30(36)37)19-40-32(26,39)4-2/h8-9,16-17,20,39H,3-7,10-15,18-19H2,1-2H3/t32-/m1/s1. The summed E-state index contributed by atoms with van der Waals surface area (Å²) in [7, 11) is 0. The number of nitrogens with zero attached hydrogens (tertiary/aromatic N) is 4. The number of amides is 1. The van der Waals surface area contributed by atoms with Gasteiger partial charge >= 0.3 is 6.09 Å². The number of pyridine rings is 2. The summed E-state index contributed by atoms with van der Waals surface area (Å²) in [6.45, 7) is 8.27. The molecular formula is C32H38N4O5. The largest absolute Gasteiger partial charge is 0.415 e. The Morgan fingerprint density at radius 3 is 2.61 bits per heavy atom. The highest BCUT2D eigenvalue weighted by molar-refractivity contribution is 5.89. The quantitative estimate of drug-likeness (QED) is 0.393. The molecule has 2 aromatic heterocycles. The van der Waals surface area contributed by atoms with Crippen molar-refractivity contribution in [2.45, 2.75) is 83.8 Å². The van der Waals surface area contributed by atoms with Crippen molar-refractivity contribution in [3.63, 3.8) is 0 Å². The number of hydrogen-bond donors (Lipinski definition) is 1. The average Bonchev–Trinajstić information content (AvgIpc) is 3.55. The number of ether oxygens (including phenoxy) is 2. The van der Waals surface area contributed by atoms with Crippen LogP contribution in [0.1, 0.15) is 74.6 Å². The van der Waals surface area contributed by atoms with Crippen molar-refractivity contribution in [2.75, 3.05) is 26.2 Å². The number of piperidine rings is 2. The highest BCUT2D eigenvalue weighted by atomic mass is 16.6. The first-order valence-electron chi connectivity index (χ1n) is 15.2. The third kappa shape index (κ3) is 4.37. The lowest BCUT2D eigenvalue weighted by Gasteiger charge is -2.39. The number of likely N-dealkylation sites (tertiary alicyclic amines) is 2. The van der Waals surface area contributed by atoms with Gasteiger partial charge in [0.1, 0.15) is 5.75 Å². The Labute approximate surface area is 239 Å². The average molecular weight is 559 g/mol. The number of rotatable bonds is 4. The molecule has 9 nitrogen and oxygen atoms in total. The van der Waals surface area contributed by atoms with Crippen LogP contribution in [-0.4, -0.2) is 62.8 Å². The van der Waals surface area contributed by atoms with E-state index in [-0.39, 0.29) is 18.3 Å². The Morgan fingerprint density at radius 2 is 1.88 bits per heavy atom. The van der Waals surface area contributed by atoms with Crippen LogP contribution in [0.2, 0.25) is 0 Å². The number of hydrogen-bond acceptors (Lipinski definition) is 7. The van der Waals surface area contributed by atoms with Crippen LogP contribution < -0.4 is 10.3 Å². The molecule has 2 saturated heterocycles. The van der Waals surface area contributed by atoms with Crippen LogP contribution in [0, 0.1) is 0 Å². The van der Waals surface area contributed by atoms with Crippen molar-refractivity contribution in [3.05, 3.63) is 56.9 Å². The van der Waals surface area contributed by atoms with Crippen LogP contribution >= 0.6 is 0 Å². The molecular weight excluding hydrogens is 520 g/mol. The molecule has 0 spiro atoms. The molecule has 1 N–H and O–H groups in total. The number of aliphatic hydroxyl groups is 1. The molecule has 41 heavy (non-hydrogen) atoms. The van der Waals surface area contributed by atoms with Crippen molar-refractivity contribution >= 4 is 17.0 Å². The van der Waals surface area contributed by atoms with Crippen LogP contribution in [0.15, 0.2) is 29.1 Å². The molecule has 0 aliphatic carbocycles. The summed E-state index contributed by atoms with van der Waals surface area (Å²) < 4.78 is 13.2. The molecule has 0 bridgehead atoms. The van der Waals surface area contributed by atoms with Gasteiger partial charge < -0.3 is 28.9 Å². The van der Waals surface area contributed by atoms with E-state index in [0.717, 1.165) is 60.1 Å². The smallest absolute Gasteiger partial charge is 0.410 e. The number of aromatic nitrogens is 2. The van der Waals surface area contributed by atoms with E-state index in [9.17, 15) is 14.7 Å². The molecule has 3 aromatic rings. The molecule has 0 radical (unpaired) electrons. The lowest BCUT2D eigenvalue weighted by molar-refractivity contribution is -0.204. The van der Waals surface area contributed by atoms with E-state index in [4.69, 9.17) is 14.5 Å². The van der Waals surface area contributed by atoms with E-state index >= 15 is 0 Å². The van der Waals surface area contributed by atoms with Crippen molar-refractivity contribution < 1.29 is 19.4 Å². The van der Waals surface area contributed by atoms with Gasteiger partial charge in [-0.2, -0.15) is 0 Å². The maximum absolute atomic E-state index is 13.4. The second-order valence-electron chi connectivity index (χ2n) is 11.9. The molecule has 4 aliphatic rings. The molecule has 1 aromatic carbocycles. The molecule has 9 heteroatoms. The number of benzene rings is 1. The van der Waals surface area contributed by atoms with Crippen molar-refractivity contribution in [1.29, 1.82) is 0 Å². The van der Waals surface area contributed by atoms with E-state index < -0.39 is 5.79 Å². The number of carbonyl (C=O) groups is 1. The fourth-order valence-electron chi connectivity index (χ4n) is 7.31. The Kier molecular flexibility index (Phi) is 6.64. The van der Waals surface area contributed by atoms with Crippen LogP contribution in [0.5, 0.6) is 5.75 Å². The summed E-state index contributed by atoms with van der Waals surface area (Å²) in [5.41, 5.74) is 5.28. The van der Waals surface area contributed by atoms with Crippen molar-refractivity contribution in [1.82, 2.24) is 19.4 Å². The molecule has 1 atom stereocenters. The fourth-order valence-corrected chi connectivity index (χ4v) is 7.31. The zero-order chi connectivity index (χ0) is 28.3. The van der Waals surface area contributed by atoms with E-state index in [2.05, 4.69) is 11.8 Å². The van der Waals surface area contributed by atoms with E-state index in [1.165, 1.54) is 32.4 Å². The van der Waals surface area contributed by atoms with Gasteiger partial charge in [-0.25, -0.2) is 9.78 Å². The summed E-state index contributed by atoms with van der Waals surface area (Å²) in [6, 6.07) is 8.05. The van der Waals surface area contributed by atoms with Crippen LogP contribution in [0.25, 0.3) is 22.3 Å². The Morgan fingerprint density at radius 1 is 1.10 bits per heavy atom. The molecule has 1 amide bonds. The highest BCUT2D eigenvalue weighted by Gasteiger charge is 2.41. The fraction of sp³-hybridized carbons (Fsp3) is 0.531. The highest BCUT2D eigenvalue weighted by Crippen LogP contribution is 2.41. The van der Waals surface area contributed by atoms with Gasteiger partial charge in [-0.3, -0.25) is 4.79 Å². The lowest BCUT2D eigenvalue weighted by Crippen LogP contribution is -2.48. The van der Waals surface area contributed by atoms with Crippen LogP contribution in [0.3, 0.4) is 0 Å². The predicted octanol–water partition coefficient (Wildman–Crippen LogP) is 4.52. The number of carbonyl (C=O) groups excluding carboxylic acids is 1. The van der Waals surface area contributed by atoms with E-state index in [0.29, 0.717) is 41.6 Å². The first-order valence-corrected chi connectivity index (χ1v) is 15.2.